The number of aromatic nitrogens is 1. The van der Waals surface area contributed by atoms with Crippen LogP contribution in [-0.4, -0.2) is 60.0 Å². The van der Waals surface area contributed by atoms with Crippen LogP contribution in [-0.2, 0) is 0 Å². The van der Waals surface area contributed by atoms with Gasteiger partial charge in [0.1, 0.15) is 11.5 Å². The number of nitrogens with zero attached hydrogens (tertiary/aromatic N) is 2. The minimum absolute atomic E-state index is 0.0958. The van der Waals surface area contributed by atoms with Crippen molar-refractivity contribution in [3.63, 3.8) is 0 Å². The maximum atomic E-state index is 12.1. The number of nitrogens with one attached hydrogen (secondary N) is 2. The van der Waals surface area contributed by atoms with Crippen molar-refractivity contribution >= 4 is 23.5 Å². The summed E-state index contributed by atoms with van der Waals surface area (Å²) in [4.78, 5) is 18.8. The average Bonchev–Trinajstić information content (AvgIpc) is 2.54. The minimum Gasteiger partial charge on any atom is -0.370 e. The van der Waals surface area contributed by atoms with Crippen molar-refractivity contribution in [1.29, 1.82) is 0 Å². The van der Waals surface area contributed by atoms with E-state index in [0.717, 1.165) is 38.4 Å². The van der Waals surface area contributed by atoms with E-state index in [1.807, 2.05) is 23.9 Å². The molecule has 0 saturated carbocycles. The van der Waals surface area contributed by atoms with Crippen LogP contribution in [0.25, 0.3) is 0 Å². The minimum atomic E-state index is -0.0958. The van der Waals surface area contributed by atoms with Crippen molar-refractivity contribution in [1.82, 2.24) is 15.2 Å². The van der Waals surface area contributed by atoms with Crippen molar-refractivity contribution < 1.29 is 4.79 Å². The molecule has 0 aliphatic carbocycles. The Hall–Kier alpha value is -1.27. The Morgan fingerprint density at radius 3 is 2.90 bits per heavy atom. The predicted molar refractivity (Wildman–Crippen MR) is 89.1 cm³/mol. The Bertz CT molecular complexity index is 449. The first-order valence-electron chi connectivity index (χ1n) is 7.59. The Morgan fingerprint density at radius 2 is 2.14 bits per heavy atom. The molecular weight excluding hydrogens is 284 g/mol. The lowest BCUT2D eigenvalue weighted by Crippen LogP contribution is -2.39. The first kappa shape index (κ1) is 16.1. The lowest BCUT2D eigenvalue weighted by atomic mass is 10.3. The second kappa shape index (κ2) is 8.89. The molecule has 1 aliphatic heterocycles. The van der Waals surface area contributed by atoms with Gasteiger partial charge >= 0.3 is 0 Å². The number of anilines is 1. The SMILES string of the molecule is CCCNc1cccc(C(=O)NCCN2CCSCC2)n1. The Labute approximate surface area is 130 Å². The standard InChI is InChI=1S/C15H24N4OS/c1-2-6-16-14-5-3-4-13(18-14)15(20)17-7-8-19-9-11-21-12-10-19/h3-5H,2,6-12H2,1H3,(H,16,18)(H,17,20). The van der Waals surface area contributed by atoms with Gasteiger partial charge in [0.2, 0.25) is 0 Å². The predicted octanol–water partition coefficient (Wildman–Crippen LogP) is 1.68. The van der Waals surface area contributed by atoms with Crippen LogP contribution >= 0.6 is 11.8 Å². The normalized spacial score (nSPS) is 15.7. The highest BCUT2D eigenvalue weighted by Crippen LogP contribution is 2.08. The van der Waals surface area contributed by atoms with E-state index in [-0.39, 0.29) is 5.91 Å². The van der Waals surface area contributed by atoms with E-state index in [1.54, 1.807) is 6.07 Å². The van der Waals surface area contributed by atoms with Crippen molar-refractivity contribution in [2.24, 2.45) is 0 Å². The van der Waals surface area contributed by atoms with Crippen molar-refractivity contribution in [2.45, 2.75) is 13.3 Å². The summed E-state index contributed by atoms with van der Waals surface area (Å²) in [5.41, 5.74) is 0.477. The van der Waals surface area contributed by atoms with E-state index in [1.165, 1.54) is 11.5 Å². The van der Waals surface area contributed by atoms with Crippen LogP contribution < -0.4 is 10.6 Å². The molecule has 1 aliphatic rings. The highest BCUT2D eigenvalue weighted by molar-refractivity contribution is 7.99. The fourth-order valence-corrected chi connectivity index (χ4v) is 3.13. The van der Waals surface area contributed by atoms with Crippen LogP contribution in [0.3, 0.4) is 0 Å². The first-order chi connectivity index (χ1) is 10.3. The molecule has 0 spiro atoms. The van der Waals surface area contributed by atoms with Crippen LogP contribution in [0.5, 0.6) is 0 Å². The molecule has 116 valence electrons. The zero-order valence-corrected chi connectivity index (χ0v) is 13.4. The van der Waals surface area contributed by atoms with Gasteiger partial charge in [-0.05, 0) is 18.6 Å². The molecule has 21 heavy (non-hydrogen) atoms. The van der Waals surface area contributed by atoms with Crippen LogP contribution in [0, 0.1) is 0 Å². The lowest BCUT2D eigenvalue weighted by Gasteiger charge is -2.25. The highest BCUT2D eigenvalue weighted by Gasteiger charge is 2.11. The summed E-state index contributed by atoms with van der Waals surface area (Å²) in [5, 5.41) is 6.15. The number of thioether (sulfide) groups is 1. The van der Waals surface area contributed by atoms with Crippen molar-refractivity contribution in [3.8, 4) is 0 Å². The summed E-state index contributed by atoms with van der Waals surface area (Å²) in [6.07, 6.45) is 1.03. The second-order valence-electron chi connectivity index (χ2n) is 5.04. The molecular formula is C15H24N4OS. The number of pyridine rings is 1. The van der Waals surface area contributed by atoms with Gasteiger partial charge in [-0.25, -0.2) is 4.98 Å². The second-order valence-corrected chi connectivity index (χ2v) is 6.27. The van der Waals surface area contributed by atoms with E-state index in [4.69, 9.17) is 0 Å². The van der Waals surface area contributed by atoms with Gasteiger partial charge in [0, 0.05) is 44.2 Å². The van der Waals surface area contributed by atoms with Gasteiger partial charge in [-0.1, -0.05) is 13.0 Å². The monoisotopic (exact) mass is 308 g/mol. The summed E-state index contributed by atoms with van der Waals surface area (Å²) in [6, 6.07) is 5.50. The van der Waals surface area contributed by atoms with Gasteiger partial charge in [0.15, 0.2) is 0 Å². The summed E-state index contributed by atoms with van der Waals surface area (Å²) in [6.45, 7) is 6.80. The smallest absolute Gasteiger partial charge is 0.270 e. The molecule has 1 amide bonds. The molecule has 1 aromatic rings. The Balaban J connectivity index is 1.76. The molecule has 0 unspecified atom stereocenters. The molecule has 2 heterocycles. The maximum Gasteiger partial charge on any atom is 0.270 e. The fraction of sp³-hybridized carbons (Fsp3) is 0.600. The number of carbonyl (C=O) groups is 1. The number of rotatable bonds is 7. The van der Waals surface area contributed by atoms with Crippen LogP contribution in [0.4, 0.5) is 5.82 Å². The molecule has 1 saturated heterocycles. The molecule has 2 N–H and O–H groups in total. The van der Waals surface area contributed by atoms with Crippen molar-refractivity contribution in [3.05, 3.63) is 23.9 Å². The van der Waals surface area contributed by atoms with Gasteiger partial charge in [-0.2, -0.15) is 11.8 Å². The molecule has 0 atom stereocenters. The van der Waals surface area contributed by atoms with Gasteiger partial charge < -0.3 is 10.6 Å². The third-order valence-electron chi connectivity index (χ3n) is 3.36. The summed E-state index contributed by atoms with van der Waals surface area (Å²) in [7, 11) is 0. The Morgan fingerprint density at radius 1 is 1.33 bits per heavy atom. The largest absolute Gasteiger partial charge is 0.370 e. The summed E-state index contributed by atoms with van der Waals surface area (Å²) < 4.78 is 0. The number of hydrogen-bond acceptors (Lipinski definition) is 5. The molecule has 0 bridgehead atoms. The number of amides is 1. The molecule has 1 fully saturated rings. The van der Waals surface area contributed by atoms with Crippen LogP contribution in [0.2, 0.25) is 0 Å². The fourth-order valence-electron chi connectivity index (χ4n) is 2.16. The topological polar surface area (TPSA) is 57.3 Å². The zero-order valence-electron chi connectivity index (χ0n) is 12.6. The number of carbonyl (C=O) groups excluding carboxylic acids is 1. The average molecular weight is 308 g/mol. The third kappa shape index (κ3) is 5.55. The summed E-state index contributed by atoms with van der Waals surface area (Å²) in [5.74, 6) is 3.06. The summed E-state index contributed by atoms with van der Waals surface area (Å²) >= 11 is 2.00. The Kier molecular flexibility index (Phi) is 6.82. The molecule has 2 rings (SSSR count). The van der Waals surface area contributed by atoms with Gasteiger partial charge in [-0.3, -0.25) is 9.69 Å². The van der Waals surface area contributed by atoms with E-state index in [9.17, 15) is 4.79 Å². The molecule has 6 heteroatoms. The van der Waals surface area contributed by atoms with Crippen LogP contribution in [0.15, 0.2) is 18.2 Å². The van der Waals surface area contributed by atoms with E-state index in [2.05, 4.69) is 27.4 Å². The van der Waals surface area contributed by atoms with E-state index >= 15 is 0 Å². The van der Waals surface area contributed by atoms with Crippen molar-refractivity contribution in [2.75, 3.05) is 49.5 Å². The van der Waals surface area contributed by atoms with Gasteiger partial charge in [-0.15, -0.1) is 0 Å². The zero-order chi connectivity index (χ0) is 14.9. The third-order valence-corrected chi connectivity index (χ3v) is 4.30. The lowest BCUT2D eigenvalue weighted by molar-refractivity contribution is 0.0944. The first-order valence-corrected chi connectivity index (χ1v) is 8.74. The molecule has 1 aromatic heterocycles. The van der Waals surface area contributed by atoms with Gasteiger partial charge in [0.05, 0.1) is 0 Å². The van der Waals surface area contributed by atoms with Crippen LogP contribution in [0.1, 0.15) is 23.8 Å². The molecule has 0 aromatic carbocycles. The quantitative estimate of drug-likeness (QED) is 0.803. The van der Waals surface area contributed by atoms with E-state index in [0.29, 0.717) is 12.2 Å². The molecule has 5 nitrogen and oxygen atoms in total. The maximum absolute atomic E-state index is 12.1. The number of hydrogen-bond donors (Lipinski definition) is 2. The van der Waals surface area contributed by atoms with Gasteiger partial charge in [0.25, 0.3) is 5.91 Å². The highest BCUT2D eigenvalue weighted by atomic mass is 32.2. The molecule has 0 radical (unpaired) electrons. The van der Waals surface area contributed by atoms with E-state index < -0.39 is 0 Å².